The zero-order valence-corrected chi connectivity index (χ0v) is 11.0. The van der Waals surface area contributed by atoms with E-state index >= 15 is 0 Å². The zero-order chi connectivity index (χ0) is 8.43. The van der Waals surface area contributed by atoms with Crippen LogP contribution in [0.1, 0.15) is 0 Å². The molecular weight excluding hydrogens is 358 g/mol. The fourth-order valence-corrected chi connectivity index (χ4v) is 2.91. The summed E-state index contributed by atoms with van der Waals surface area (Å²) in [6.45, 7) is 0. The van der Waals surface area contributed by atoms with Crippen LogP contribution < -0.4 is 0 Å². The summed E-state index contributed by atoms with van der Waals surface area (Å²) in [6, 6.07) is 3.93. The van der Waals surface area contributed by atoms with Crippen LogP contribution in [0.15, 0.2) is 21.5 Å². The Morgan fingerprint density at radius 1 is 1.55 bits per heavy atom. The van der Waals surface area contributed by atoms with E-state index in [0.29, 0.717) is 0 Å². The molecule has 0 aliphatic rings. The first-order valence-electron chi connectivity index (χ1n) is 2.84. The van der Waals surface area contributed by atoms with E-state index in [1.54, 1.807) is 11.8 Å². The van der Waals surface area contributed by atoms with Gasteiger partial charge in [-0.15, -0.1) is 11.8 Å². The van der Waals surface area contributed by atoms with Crippen molar-refractivity contribution in [1.82, 2.24) is 0 Å². The van der Waals surface area contributed by atoms with Gasteiger partial charge in [-0.1, -0.05) is 11.6 Å². The van der Waals surface area contributed by atoms with Gasteiger partial charge in [0, 0.05) is 12.9 Å². The molecule has 0 bridgehead atoms. The molecule has 1 aromatic carbocycles. The van der Waals surface area contributed by atoms with Crippen molar-refractivity contribution >= 4 is 61.9 Å². The summed E-state index contributed by atoms with van der Waals surface area (Å²) in [7, 11) is 0. The normalized spacial score (nSPS) is 10.2. The summed E-state index contributed by atoms with van der Waals surface area (Å²) in [6.07, 6.45) is 2.05. The second kappa shape index (κ2) is 4.35. The fourth-order valence-electron chi connectivity index (χ4n) is 0.666. The summed E-state index contributed by atoms with van der Waals surface area (Å²) in [5.74, 6) is 0. The second-order valence-electron chi connectivity index (χ2n) is 1.88. The Morgan fingerprint density at radius 3 is 2.73 bits per heavy atom. The van der Waals surface area contributed by atoms with Crippen LogP contribution in [0.3, 0.4) is 0 Å². The van der Waals surface area contributed by atoms with Crippen LogP contribution in [0, 0.1) is 3.57 Å². The van der Waals surface area contributed by atoms with Crippen molar-refractivity contribution in [3.8, 4) is 0 Å². The van der Waals surface area contributed by atoms with E-state index in [0.717, 1.165) is 13.1 Å². The topological polar surface area (TPSA) is 0 Å². The summed E-state index contributed by atoms with van der Waals surface area (Å²) >= 11 is 13.3. The van der Waals surface area contributed by atoms with Crippen LogP contribution in [0.5, 0.6) is 0 Å². The van der Waals surface area contributed by atoms with Crippen molar-refractivity contribution < 1.29 is 0 Å². The highest BCUT2D eigenvalue weighted by Crippen LogP contribution is 2.34. The molecule has 60 valence electrons. The Labute approximate surface area is 97.4 Å². The van der Waals surface area contributed by atoms with E-state index in [-0.39, 0.29) is 0 Å². The van der Waals surface area contributed by atoms with Gasteiger partial charge in [0.2, 0.25) is 0 Å². The highest BCUT2D eigenvalue weighted by molar-refractivity contribution is 14.1. The number of rotatable bonds is 1. The maximum Gasteiger partial charge on any atom is 0.0551 e. The average molecular weight is 363 g/mol. The SMILES string of the molecule is CSc1ccc(Cl)c(I)c1Br. The standard InChI is InChI=1S/C7H5BrClIS/c1-11-5-3-2-4(9)7(10)6(5)8/h2-3H,1H3. The molecule has 0 spiro atoms. The molecule has 0 aliphatic heterocycles. The monoisotopic (exact) mass is 362 g/mol. The lowest BCUT2D eigenvalue weighted by molar-refractivity contribution is 1.38. The summed E-state index contributed by atoms with van der Waals surface area (Å²) in [5.41, 5.74) is 0. The average Bonchev–Trinajstić information content (AvgIpc) is 2.01. The van der Waals surface area contributed by atoms with Crippen molar-refractivity contribution in [2.24, 2.45) is 0 Å². The van der Waals surface area contributed by atoms with Gasteiger partial charge in [0.05, 0.1) is 5.02 Å². The van der Waals surface area contributed by atoms with E-state index in [2.05, 4.69) is 38.5 Å². The lowest BCUT2D eigenvalue weighted by Crippen LogP contribution is -1.80. The Kier molecular flexibility index (Phi) is 4.01. The molecule has 0 aliphatic carbocycles. The molecule has 0 atom stereocenters. The van der Waals surface area contributed by atoms with Gasteiger partial charge in [0.25, 0.3) is 0 Å². The first kappa shape index (κ1) is 10.2. The third-order valence-corrected chi connectivity index (χ3v) is 5.58. The largest absolute Gasteiger partial charge is 0.128 e. The number of hydrogen-bond donors (Lipinski definition) is 0. The molecule has 0 unspecified atom stereocenters. The lowest BCUT2D eigenvalue weighted by atomic mass is 10.4. The van der Waals surface area contributed by atoms with Gasteiger partial charge in [0.15, 0.2) is 0 Å². The lowest BCUT2D eigenvalue weighted by Gasteiger charge is -2.03. The van der Waals surface area contributed by atoms with Crippen LogP contribution in [-0.4, -0.2) is 6.26 Å². The molecule has 1 rings (SSSR count). The Bertz CT molecular complexity index is 277. The third-order valence-electron chi connectivity index (χ3n) is 1.22. The molecule has 0 saturated carbocycles. The van der Waals surface area contributed by atoms with E-state index < -0.39 is 0 Å². The molecule has 1 aromatic rings. The molecule has 0 radical (unpaired) electrons. The van der Waals surface area contributed by atoms with Crippen molar-refractivity contribution in [3.63, 3.8) is 0 Å². The van der Waals surface area contributed by atoms with Gasteiger partial charge in [-0.3, -0.25) is 0 Å². The van der Waals surface area contributed by atoms with E-state index in [9.17, 15) is 0 Å². The predicted molar refractivity (Wildman–Crippen MR) is 63.7 cm³/mol. The summed E-state index contributed by atoms with van der Waals surface area (Å²) in [5, 5.41) is 0.801. The number of thioether (sulfide) groups is 1. The molecule has 0 amide bonds. The second-order valence-corrected chi connectivity index (χ2v) is 5.00. The molecule has 0 aromatic heterocycles. The molecular formula is C7H5BrClIS. The third kappa shape index (κ3) is 2.26. The van der Waals surface area contributed by atoms with Gasteiger partial charge in [-0.2, -0.15) is 0 Å². The first-order chi connectivity index (χ1) is 5.16. The van der Waals surface area contributed by atoms with Crippen molar-refractivity contribution in [3.05, 3.63) is 25.2 Å². The zero-order valence-electron chi connectivity index (χ0n) is 5.70. The highest BCUT2D eigenvalue weighted by Gasteiger charge is 2.05. The minimum Gasteiger partial charge on any atom is -0.128 e. The van der Waals surface area contributed by atoms with Crippen molar-refractivity contribution in [2.45, 2.75) is 4.90 Å². The predicted octanol–water partition coefficient (Wildman–Crippen LogP) is 4.43. The van der Waals surface area contributed by atoms with E-state index in [4.69, 9.17) is 11.6 Å². The van der Waals surface area contributed by atoms with E-state index in [1.807, 2.05) is 18.4 Å². The molecule has 0 nitrogen and oxygen atoms in total. The van der Waals surface area contributed by atoms with Crippen LogP contribution in [0.25, 0.3) is 0 Å². The van der Waals surface area contributed by atoms with Gasteiger partial charge in [-0.05, 0) is 56.9 Å². The molecule has 0 N–H and O–H groups in total. The van der Waals surface area contributed by atoms with E-state index in [1.165, 1.54) is 4.90 Å². The maximum atomic E-state index is 5.90. The van der Waals surface area contributed by atoms with Gasteiger partial charge in [-0.25, -0.2) is 0 Å². The number of halogens is 3. The Hall–Kier alpha value is 1.07. The van der Waals surface area contributed by atoms with Crippen LogP contribution in [0.4, 0.5) is 0 Å². The van der Waals surface area contributed by atoms with Crippen molar-refractivity contribution in [1.29, 1.82) is 0 Å². The number of benzene rings is 1. The summed E-state index contributed by atoms with van der Waals surface area (Å²) < 4.78 is 2.18. The highest BCUT2D eigenvalue weighted by atomic mass is 127. The minimum absolute atomic E-state index is 0.801. The molecule has 11 heavy (non-hydrogen) atoms. The molecule has 0 saturated heterocycles. The minimum atomic E-state index is 0.801. The van der Waals surface area contributed by atoms with Crippen LogP contribution in [0.2, 0.25) is 5.02 Å². The summed E-state index contributed by atoms with van der Waals surface area (Å²) in [4.78, 5) is 1.22. The van der Waals surface area contributed by atoms with Crippen molar-refractivity contribution in [2.75, 3.05) is 6.26 Å². The Morgan fingerprint density at radius 2 is 2.18 bits per heavy atom. The molecule has 4 heteroatoms. The number of hydrogen-bond acceptors (Lipinski definition) is 1. The smallest absolute Gasteiger partial charge is 0.0551 e. The van der Waals surface area contributed by atoms with Crippen LogP contribution >= 0.6 is 61.9 Å². The Balaban J connectivity index is 3.25. The van der Waals surface area contributed by atoms with Gasteiger partial charge < -0.3 is 0 Å². The van der Waals surface area contributed by atoms with Crippen LogP contribution in [-0.2, 0) is 0 Å². The quantitative estimate of drug-likeness (QED) is 0.404. The van der Waals surface area contributed by atoms with Gasteiger partial charge >= 0.3 is 0 Å². The maximum absolute atomic E-state index is 5.90. The first-order valence-corrected chi connectivity index (χ1v) is 6.31. The fraction of sp³-hybridized carbons (Fsp3) is 0.143. The van der Waals surface area contributed by atoms with Gasteiger partial charge in [0.1, 0.15) is 0 Å². The molecule has 0 heterocycles. The molecule has 0 fully saturated rings.